The molecule has 2 heterocycles. The van der Waals surface area contributed by atoms with E-state index in [9.17, 15) is 18.4 Å². The molecule has 1 atom stereocenters. The van der Waals surface area contributed by atoms with Gasteiger partial charge in [-0.15, -0.1) is 0 Å². The minimum Gasteiger partial charge on any atom is -0.316 e. The van der Waals surface area contributed by atoms with Crippen molar-refractivity contribution in [3.8, 4) is 5.69 Å². The number of aromatic nitrogens is 1. The molecule has 0 saturated heterocycles. The minimum absolute atomic E-state index is 0.117. The smallest absolute Gasteiger partial charge is 0.316 e. The summed E-state index contributed by atoms with van der Waals surface area (Å²) in [5.74, 6) is -2.31. The molecule has 6 nitrogen and oxygen atoms in total. The summed E-state index contributed by atoms with van der Waals surface area (Å²) < 4.78 is 29.2. The number of hydrogen-bond acceptors (Lipinski definition) is 2. The quantitative estimate of drug-likeness (QED) is 0.286. The molecule has 1 aliphatic heterocycles. The number of aryl methyl sites for hydroxylation is 1. The van der Waals surface area contributed by atoms with Gasteiger partial charge in [0.2, 0.25) is 5.91 Å². The van der Waals surface area contributed by atoms with Gasteiger partial charge in [0.15, 0.2) is 11.6 Å². The van der Waals surface area contributed by atoms with E-state index in [0.29, 0.717) is 13.0 Å². The number of fused-ring (bicyclic) bond motifs is 3. The molecule has 3 aromatic carbocycles. The SMILES string of the molecule is CCCCN(CC(=O)N1c2ccccc2-n2cccc2C1c1cccc(C)c1)C(=O)Nc1ccc(F)c(F)c1. The maximum atomic E-state index is 14.2. The first kappa shape index (κ1) is 26.2. The number of carbonyl (C=O) groups is 2. The van der Waals surface area contributed by atoms with Crippen LogP contribution in [0.5, 0.6) is 0 Å². The summed E-state index contributed by atoms with van der Waals surface area (Å²) in [6, 6.07) is 22.0. The van der Waals surface area contributed by atoms with E-state index < -0.39 is 23.7 Å². The Labute approximate surface area is 226 Å². The van der Waals surface area contributed by atoms with E-state index in [0.717, 1.165) is 46.7 Å². The van der Waals surface area contributed by atoms with Crippen molar-refractivity contribution in [1.82, 2.24) is 9.47 Å². The number of urea groups is 1. The molecule has 1 unspecified atom stereocenters. The Balaban J connectivity index is 1.50. The van der Waals surface area contributed by atoms with Gasteiger partial charge in [-0.2, -0.15) is 0 Å². The predicted molar refractivity (Wildman–Crippen MR) is 148 cm³/mol. The topological polar surface area (TPSA) is 57.6 Å². The molecule has 200 valence electrons. The number of nitrogens with one attached hydrogen (secondary N) is 1. The van der Waals surface area contributed by atoms with Gasteiger partial charge in [0.05, 0.1) is 17.1 Å². The first-order valence-electron chi connectivity index (χ1n) is 13.0. The number of anilines is 2. The van der Waals surface area contributed by atoms with E-state index in [1.165, 1.54) is 11.0 Å². The van der Waals surface area contributed by atoms with E-state index in [2.05, 4.69) is 16.0 Å². The van der Waals surface area contributed by atoms with Gasteiger partial charge in [-0.05, 0) is 55.3 Å². The highest BCUT2D eigenvalue weighted by molar-refractivity contribution is 6.01. The molecule has 0 aliphatic carbocycles. The second kappa shape index (κ2) is 11.1. The highest BCUT2D eigenvalue weighted by Gasteiger charge is 2.37. The molecule has 1 aliphatic rings. The van der Waals surface area contributed by atoms with Crippen LogP contribution < -0.4 is 10.2 Å². The predicted octanol–water partition coefficient (Wildman–Crippen LogP) is 6.83. The molecule has 1 N–H and O–H groups in total. The number of benzene rings is 3. The third kappa shape index (κ3) is 5.27. The highest BCUT2D eigenvalue weighted by atomic mass is 19.2. The Bertz CT molecular complexity index is 1520. The first-order valence-corrected chi connectivity index (χ1v) is 13.0. The lowest BCUT2D eigenvalue weighted by Gasteiger charge is -2.39. The average molecular weight is 529 g/mol. The zero-order valence-corrected chi connectivity index (χ0v) is 21.9. The van der Waals surface area contributed by atoms with Crippen molar-refractivity contribution in [3.63, 3.8) is 0 Å². The number of nitrogens with zero attached hydrogens (tertiary/aromatic N) is 3. The van der Waals surface area contributed by atoms with Crippen LogP contribution in [0.1, 0.15) is 42.6 Å². The zero-order valence-electron chi connectivity index (χ0n) is 21.9. The molecule has 1 aromatic heterocycles. The summed E-state index contributed by atoms with van der Waals surface area (Å²) in [7, 11) is 0. The van der Waals surface area contributed by atoms with Crippen LogP contribution in [0, 0.1) is 18.6 Å². The number of hydrogen-bond donors (Lipinski definition) is 1. The Morgan fingerprint density at radius 3 is 2.46 bits per heavy atom. The number of carbonyl (C=O) groups excluding carboxylic acids is 2. The lowest BCUT2D eigenvalue weighted by molar-refractivity contribution is -0.119. The van der Waals surface area contributed by atoms with Crippen molar-refractivity contribution < 1.29 is 18.4 Å². The number of para-hydroxylation sites is 2. The van der Waals surface area contributed by atoms with Gasteiger partial charge >= 0.3 is 6.03 Å². The summed E-state index contributed by atoms with van der Waals surface area (Å²) in [5, 5.41) is 2.61. The molecular weight excluding hydrogens is 498 g/mol. The van der Waals surface area contributed by atoms with Crippen LogP contribution in [-0.4, -0.2) is 34.5 Å². The number of rotatable bonds is 7. The number of halogens is 2. The molecule has 8 heteroatoms. The fourth-order valence-electron chi connectivity index (χ4n) is 5.03. The van der Waals surface area contributed by atoms with Gasteiger partial charge in [0.25, 0.3) is 0 Å². The monoisotopic (exact) mass is 528 g/mol. The molecule has 5 rings (SSSR count). The molecule has 0 saturated carbocycles. The van der Waals surface area contributed by atoms with Crippen LogP contribution in [0.15, 0.2) is 85.1 Å². The highest BCUT2D eigenvalue weighted by Crippen LogP contribution is 2.42. The van der Waals surface area contributed by atoms with Crippen LogP contribution in [0.25, 0.3) is 5.69 Å². The Hall–Kier alpha value is -4.46. The average Bonchev–Trinajstić information content (AvgIpc) is 3.42. The largest absolute Gasteiger partial charge is 0.322 e. The van der Waals surface area contributed by atoms with E-state index >= 15 is 0 Å². The van der Waals surface area contributed by atoms with Crippen LogP contribution >= 0.6 is 0 Å². The van der Waals surface area contributed by atoms with Crippen molar-refractivity contribution in [2.24, 2.45) is 0 Å². The van der Waals surface area contributed by atoms with E-state index in [1.54, 1.807) is 4.90 Å². The van der Waals surface area contributed by atoms with E-state index in [1.807, 2.05) is 74.6 Å². The summed E-state index contributed by atoms with van der Waals surface area (Å²) in [6.07, 6.45) is 3.48. The summed E-state index contributed by atoms with van der Waals surface area (Å²) in [4.78, 5) is 30.6. The fraction of sp³-hybridized carbons (Fsp3) is 0.226. The second-order valence-corrected chi connectivity index (χ2v) is 9.71. The number of unbranched alkanes of at least 4 members (excludes halogenated alkanes) is 1. The maximum absolute atomic E-state index is 14.2. The third-order valence-corrected chi connectivity index (χ3v) is 6.91. The molecule has 3 amide bonds. The van der Waals surface area contributed by atoms with Crippen molar-refractivity contribution in [1.29, 1.82) is 0 Å². The standard InChI is InChI=1S/C31H30F2N4O2/c1-3-4-16-35(31(39)34-23-14-15-24(32)25(33)19-23)20-29(38)37-27-12-6-5-11-26(27)36-17-8-13-28(36)30(37)22-10-7-9-21(2)18-22/h5-15,17-19,30H,3-4,16,20H2,1-2H3,(H,34,39). The van der Waals surface area contributed by atoms with E-state index in [4.69, 9.17) is 0 Å². The van der Waals surface area contributed by atoms with Crippen LogP contribution in [0.2, 0.25) is 0 Å². The molecule has 0 spiro atoms. The second-order valence-electron chi connectivity index (χ2n) is 9.71. The number of amides is 3. The van der Waals surface area contributed by atoms with Gasteiger partial charge in [0, 0.05) is 24.5 Å². The lowest BCUT2D eigenvalue weighted by atomic mass is 9.96. The molecule has 0 radical (unpaired) electrons. The van der Waals surface area contributed by atoms with Crippen LogP contribution in [-0.2, 0) is 4.79 Å². The van der Waals surface area contributed by atoms with Gasteiger partial charge in [-0.3, -0.25) is 9.69 Å². The van der Waals surface area contributed by atoms with Gasteiger partial charge in [0.1, 0.15) is 12.6 Å². The molecule has 39 heavy (non-hydrogen) atoms. The fourth-order valence-corrected chi connectivity index (χ4v) is 5.03. The van der Waals surface area contributed by atoms with Crippen molar-refractivity contribution in [2.75, 3.05) is 23.3 Å². The third-order valence-electron chi connectivity index (χ3n) is 6.91. The summed E-state index contributed by atoms with van der Waals surface area (Å²) >= 11 is 0. The summed E-state index contributed by atoms with van der Waals surface area (Å²) in [6.45, 7) is 4.15. The van der Waals surface area contributed by atoms with E-state index in [-0.39, 0.29) is 18.1 Å². The Morgan fingerprint density at radius 1 is 0.923 bits per heavy atom. The Morgan fingerprint density at radius 2 is 1.72 bits per heavy atom. The minimum atomic E-state index is -1.06. The van der Waals surface area contributed by atoms with Crippen LogP contribution in [0.4, 0.5) is 25.0 Å². The molecule has 4 aromatic rings. The molecule has 0 bridgehead atoms. The normalized spacial score (nSPS) is 13.9. The van der Waals surface area contributed by atoms with Gasteiger partial charge < -0.3 is 14.8 Å². The van der Waals surface area contributed by atoms with Crippen molar-refractivity contribution >= 4 is 23.3 Å². The van der Waals surface area contributed by atoms with Crippen molar-refractivity contribution in [2.45, 2.75) is 32.7 Å². The lowest BCUT2D eigenvalue weighted by Crippen LogP contribution is -2.48. The van der Waals surface area contributed by atoms with Gasteiger partial charge in [-0.25, -0.2) is 13.6 Å². The van der Waals surface area contributed by atoms with Crippen molar-refractivity contribution in [3.05, 3.63) is 114 Å². The summed E-state index contributed by atoms with van der Waals surface area (Å²) in [5.41, 5.74) is 4.72. The van der Waals surface area contributed by atoms with Crippen LogP contribution in [0.3, 0.4) is 0 Å². The molecule has 0 fully saturated rings. The van der Waals surface area contributed by atoms with Gasteiger partial charge in [-0.1, -0.05) is 55.3 Å². The maximum Gasteiger partial charge on any atom is 0.322 e. The molecular formula is C31H30F2N4O2. The zero-order chi connectivity index (χ0) is 27.5. The Kier molecular flexibility index (Phi) is 7.45. The first-order chi connectivity index (χ1) is 18.9.